The Kier molecular flexibility index (Phi) is 5.88. The largest absolute Gasteiger partial charge is 0.497 e. The third-order valence-electron chi connectivity index (χ3n) is 6.51. The van der Waals surface area contributed by atoms with Crippen LogP contribution in [-0.4, -0.2) is 34.2 Å². The molecule has 0 spiro atoms. The summed E-state index contributed by atoms with van der Waals surface area (Å²) < 4.78 is 5.27. The summed E-state index contributed by atoms with van der Waals surface area (Å²) in [6.45, 7) is 0. The van der Waals surface area contributed by atoms with E-state index < -0.39 is 23.1 Å². The number of hydrogen-bond donors (Lipinski definition) is 2. The molecule has 3 atom stereocenters. The van der Waals surface area contributed by atoms with Crippen molar-refractivity contribution in [3.63, 3.8) is 0 Å². The number of rotatable bonds is 5. The molecule has 2 aromatic carbocycles. The Labute approximate surface area is 199 Å². The molecule has 0 radical (unpaired) electrons. The van der Waals surface area contributed by atoms with E-state index in [0.717, 1.165) is 54.3 Å². The number of aryl methyl sites for hydroxylation is 2. The molecular formula is C25H23NO5S2. The van der Waals surface area contributed by atoms with Gasteiger partial charge in [-0.3, -0.25) is 14.4 Å². The number of aromatic nitrogens is 1. The van der Waals surface area contributed by atoms with E-state index in [9.17, 15) is 19.5 Å². The lowest BCUT2D eigenvalue weighted by atomic mass is 9.77. The minimum absolute atomic E-state index is 0.199. The monoisotopic (exact) mass is 481 g/mol. The maximum Gasteiger partial charge on any atom is 0.317 e. The minimum Gasteiger partial charge on any atom is -0.497 e. The Morgan fingerprint density at radius 2 is 1.79 bits per heavy atom. The Hall–Kier alpha value is -2.84. The molecule has 5 rings (SSSR count). The molecule has 0 bridgehead atoms. The first kappa shape index (κ1) is 22.0. The van der Waals surface area contributed by atoms with Crippen LogP contribution in [0.2, 0.25) is 0 Å². The number of thioether (sulfide) groups is 1. The molecule has 2 heterocycles. The van der Waals surface area contributed by atoms with Crippen LogP contribution in [0.1, 0.15) is 50.7 Å². The van der Waals surface area contributed by atoms with Gasteiger partial charge >= 0.3 is 10.8 Å². The maximum absolute atomic E-state index is 13.9. The number of H-pyrrole nitrogens is 1. The van der Waals surface area contributed by atoms with Crippen molar-refractivity contribution in [2.45, 2.75) is 41.9 Å². The van der Waals surface area contributed by atoms with Crippen molar-refractivity contribution in [2.75, 3.05) is 7.11 Å². The zero-order chi connectivity index (χ0) is 23.1. The Bertz CT molecular complexity index is 1280. The van der Waals surface area contributed by atoms with Crippen LogP contribution in [0, 0.1) is 5.92 Å². The molecule has 0 amide bonds. The van der Waals surface area contributed by atoms with E-state index in [1.54, 1.807) is 19.2 Å². The summed E-state index contributed by atoms with van der Waals surface area (Å²) in [6, 6.07) is 13.1. The number of carbonyl (C=O) groups excluding carboxylic acids is 1. The summed E-state index contributed by atoms with van der Waals surface area (Å²) >= 11 is 2.11. The highest BCUT2D eigenvalue weighted by Gasteiger charge is 2.47. The second-order valence-corrected chi connectivity index (χ2v) is 10.6. The highest BCUT2D eigenvalue weighted by Crippen LogP contribution is 2.50. The Balaban J connectivity index is 1.64. The fourth-order valence-electron chi connectivity index (χ4n) is 4.90. The van der Waals surface area contributed by atoms with Crippen LogP contribution in [0.3, 0.4) is 0 Å². The van der Waals surface area contributed by atoms with Crippen molar-refractivity contribution >= 4 is 34.9 Å². The van der Waals surface area contributed by atoms with Crippen LogP contribution in [0.25, 0.3) is 0 Å². The van der Waals surface area contributed by atoms with E-state index in [4.69, 9.17) is 4.74 Å². The van der Waals surface area contributed by atoms with E-state index in [1.165, 1.54) is 11.1 Å². The van der Waals surface area contributed by atoms with E-state index in [2.05, 4.69) is 4.98 Å². The SMILES string of the molecule is COc1ccc([C@@H]2c3sc(=O)[nH]c3S[C@H](C(=O)O)[C@H]2C(=O)c2ccc3c(c2)CCCC3)cc1. The molecule has 8 heteroatoms. The predicted octanol–water partition coefficient (Wildman–Crippen LogP) is 4.51. The van der Waals surface area contributed by atoms with E-state index in [0.29, 0.717) is 21.2 Å². The van der Waals surface area contributed by atoms with Gasteiger partial charge in [0, 0.05) is 16.4 Å². The number of carbonyl (C=O) groups is 2. The molecule has 3 aromatic rings. The van der Waals surface area contributed by atoms with Gasteiger partial charge in [-0.05, 0) is 60.6 Å². The third-order valence-corrected chi connectivity index (χ3v) is 8.91. The van der Waals surface area contributed by atoms with Crippen LogP contribution >= 0.6 is 23.1 Å². The topological polar surface area (TPSA) is 96.5 Å². The summed E-state index contributed by atoms with van der Waals surface area (Å²) in [5.41, 5.74) is 3.77. The number of nitrogens with one attached hydrogen (secondary N) is 1. The number of carboxylic acid groups (broad SMARTS) is 1. The van der Waals surface area contributed by atoms with Gasteiger partial charge in [0.1, 0.15) is 11.0 Å². The molecule has 2 N–H and O–H groups in total. The molecular weight excluding hydrogens is 458 g/mol. The van der Waals surface area contributed by atoms with Crippen molar-refractivity contribution in [1.29, 1.82) is 0 Å². The molecule has 1 aliphatic heterocycles. The summed E-state index contributed by atoms with van der Waals surface area (Å²) in [5.74, 6) is -1.98. The number of hydrogen-bond acceptors (Lipinski definition) is 6. The van der Waals surface area contributed by atoms with E-state index in [1.807, 2.05) is 30.3 Å². The lowest BCUT2D eigenvalue weighted by Gasteiger charge is -2.34. The Morgan fingerprint density at radius 3 is 2.48 bits per heavy atom. The molecule has 6 nitrogen and oxygen atoms in total. The van der Waals surface area contributed by atoms with Crippen molar-refractivity contribution in [3.05, 3.63) is 79.3 Å². The minimum atomic E-state index is -1.06. The first-order valence-electron chi connectivity index (χ1n) is 10.9. The number of ether oxygens (including phenoxy) is 1. The zero-order valence-corrected chi connectivity index (χ0v) is 19.6. The summed E-state index contributed by atoms with van der Waals surface area (Å²) in [6.07, 6.45) is 4.19. The van der Waals surface area contributed by atoms with Crippen molar-refractivity contribution in [1.82, 2.24) is 4.98 Å². The second kappa shape index (κ2) is 8.83. The zero-order valence-electron chi connectivity index (χ0n) is 18.0. The van der Waals surface area contributed by atoms with Crippen LogP contribution < -0.4 is 9.61 Å². The van der Waals surface area contributed by atoms with Crippen LogP contribution in [-0.2, 0) is 17.6 Å². The molecule has 1 aromatic heterocycles. The fraction of sp³-hybridized carbons (Fsp3) is 0.320. The fourth-order valence-corrected chi connectivity index (χ4v) is 7.32. The summed E-state index contributed by atoms with van der Waals surface area (Å²) in [7, 11) is 1.57. The molecule has 0 fully saturated rings. The number of aliphatic carboxylic acids is 1. The van der Waals surface area contributed by atoms with Gasteiger partial charge < -0.3 is 14.8 Å². The van der Waals surface area contributed by atoms with Gasteiger partial charge in [-0.1, -0.05) is 47.4 Å². The van der Waals surface area contributed by atoms with Crippen molar-refractivity contribution in [3.8, 4) is 5.75 Å². The number of Topliss-reactive ketones (excluding diaryl/α,β-unsaturated/α-hetero) is 1. The van der Waals surface area contributed by atoms with Crippen molar-refractivity contribution < 1.29 is 19.4 Å². The average molecular weight is 482 g/mol. The van der Waals surface area contributed by atoms with Crippen LogP contribution in [0.4, 0.5) is 0 Å². The van der Waals surface area contributed by atoms with Crippen LogP contribution in [0.15, 0.2) is 52.3 Å². The third kappa shape index (κ3) is 4.02. The molecule has 2 aliphatic rings. The summed E-state index contributed by atoms with van der Waals surface area (Å²) in [5, 5.41) is 9.61. The van der Waals surface area contributed by atoms with Crippen LogP contribution in [0.5, 0.6) is 5.75 Å². The molecule has 0 saturated heterocycles. The number of ketones is 1. The second-order valence-electron chi connectivity index (χ2n) is 8.42. The Morgan fingerprint density at radius 1 is 1.06 bits per heavy atom. The number of carboxylic acids is 1. The normalized spacial score (nSPS) is 21.7. The highest BCUT2D eigenvalue weighted by molar-refractivity contribution is 8.00. The highest BCUT2D eigenvalue weighted by atomic mass is 32.2. The van der Waals surface area contributed by atoms with Gasteiger partial charge in [0.2, 0.25) is 0 Å². The number of thiazole rings is 1. The number of methoxy groups -OCH3 is 1. The van der Waals surface area contributed by atoms with Crippen molar-refractivity contribution in [2.24, 2.45) is 5.92 Å². The molecule has 170 valence electrons. The van der Waals surface area contributed by atoms with E-state index in [-0.39, 0.29) is 10.7 Å². The van der Waals surface area contributed by atoms with Gasteiger partial charge in [-0.15, -0.1) is 0 Å². The average Bonchev–Trinajstić information content (AvgIpc) is 3.22. The molecule has 33 heavy (non-hydrogen) atoms. The van der Waals surface area contributed by atoms with Gasteiger partial charge in [-0.25, -0.2) is 0 Å². The number of benzene rings is 2. The number of fused-ring (bicyclic) bond motifs is 2. The standard InChI is InChI=1S/C25H23NO5S2/c1-31-17-10-8-14(9-11-17)18-19(22(24(28)29)32-23-21(18)33-25(30)26-23)20(27)16-7-6-13-4-2-3-5-15(13)12-16/h6-12,18-19,22H,2-5H2,1H3,(H,26,30)(H,28,29)/t18-,19+,22-/m0/s1. The number of aromatic amines is 1. The predicted molar refractivity (Wildman–Crippen MR) is 128 cm³/mol. The van der Waals surface area contributed by atoms with E-state index >= 15 is 0 Å². The lowest BCUT2D eigenvalue weighted by Crippen LogP contribution is -2.39. The molecule has 1 aliphatic carbocycles. The molecule has 0 unspecified atom stereocenters. The first-order valence-corrected chi connectivity index (χ1v) is 12.6. The first-order chi connectivity index (χ1) is 16.0. The molecule has 0 saturated carbocycles. The quantitative estimate of drug-likeness (QED) is 0.521. The van der Waals surface area contributed by atoms with Gasteiger partial charge in [-0.2, -0.15) is 0 Å². The summed E-state index contributed by atoms with van der Waals surface area (Å²) in [4.78, 5) is 41.7. The lowest BCUT2D eigenvalue weighted by molar-refractivity contribution is -0.137. The van der Waals surface area contributed by atoms with Gasteiger partial charge in [0.25, 0.3) is 0 Å². The van der Waals surface area contributed by atoms with Gasteiger partial charge in [0.05, 0.1) is 18.1 Å². The maximum atomic E-state index is 13.9. The van der Waals surface area contributed by atoms with Gasteiger partial charge in [0.15, 0.2) is 5.78 Å². The smallest absolute Gasteiger partial charge is 0.317 e.